The third-order valence-corrected chi connectivity index (χ3v) is 4.47. The highest BCUT2D eigenvalue weighted by Gasteiger charge is 2.20. The lowest BCUT2D eigenvalue weighted by atomic mass is 10.1. The summed E-state index contributed by atoms with van der Waals surface area (Å²) in [5.74, 6) is -0.229. The molecular weight excluding hydrogens is 384 g/mol. The standard InChI is InChI=1S/C21H20N6O3/c1-13-5-7-14(8-6-13)16-10-17(25-24-16)20(28)23-18-12-27(2)26-19(18)21(29)22-11-15-4-3-9-30-15/h3-10,12H,11H2,1-2H3,(H,22,29)(H,23,28)(H,24,25). The van der Waals surface area contributed by atoms with E-state index in [1.54, 1.807) is 31.4 Å². The van der Waals surface area contributed by atoms with Gasteiger partial charge in [-0.1, -0.05) is 29.8 Å². The first-order chi connectivity index (χ1) is 14.5. The zero-order chi connectivity index (χ0) is 21.1. The molecule has 3 heterocycles. The van der Waals surface area contributed by atoms with Crippen LogP contribution < -0.4 is 10.6 Å². The Morgan fingerprint density at radius 2 is 1.97 bits per heavy atom. The number of carbonyl (C=O) groups is 2. The van der Waals surface area contributed by atoms with Crippen LogP contribution in [0.1, 0.15) is 32.3 Å². The number of carbonyl (C=O) groups excluding carboxylic acids is 2. The number of nitrogens with zero attached hydrogens (tertiary/aromatic N) is 3. The smallest absolute Gasteiger partial charge is 0.274 e. The van der Waals surface area contributed by atoms with Gasteiger partial charge in [0.25, 0.3) is 11.8 Å². The summed E-state index contributed by atoms with van der Waals surface area (Å²) in [6, 6.07) is 13.0. The van der Waals surface area contributed by atoms with Crippen LogP contribution in [0.3, 0.4) is 0 Å². The summed E-state index contributed by atoms with van der Waals surface area (Å²) in [6.07, 6.45) is 3.10. The van der Waals surface area contributed by atoms with Crippen molar-refractivity contribution in [2.24, 2.45) is 7.05 Å². The van der Waals surface area contributed by atoms with Crippen molar-refractivity contribution in [2.45, 2.75) is 13.5 Å². The number of aromatic nitrogens is 4. The lowest BCUT2D eigenvalue weighted by Gasteiger charge is -2.04. The summed E-state index contributed by atoms with van der Waals surface area (Å²) in [7, 11) is 1.67. The number of amides is 2. The van der Waals surface area contributed by atoms with Crippen LogP contribution >= 0.6 is 0 Å². The number of hydrogen-bond acceptors (Lipinski definition) is 5. The van der Waals surface area contributed by atoms with Crippen molar-refractivity contribution in [1.82, 2.24) is 25.3 Å². The number of anilines is 1. The summed E-state index contributed by atoms with van der Waals surface area (Å²) in [5, 5.41) is 16.5. The molecule has 1 aromatic carbocycles. The zero-order valence-electron chi connectivity index (χ0n) is 16.5. The maximum atomic E-state index is 12.7. The monoisotopic (exact) mass is 404 g/mol. The number of furan rings is 1. The van der Waals surface area contributed by atoms with Crippen molar-refractivity contribution >= 4 is 17.5 Å². The second-order valence-corrected chi connectivity index (χ2v) is 6.81. The molecule has 0 fully saturated rings. The Kier molecular flexibility index (Phi) is 5.17. The van der Waals surface area contributed by atoms with Crippen molar-refractivity contribution in [3.05, 3.63) is 77.6 Å². The summed E-state index contributed by atoms with van der Waals surface area (Å²) in [5.41, 5.74) is 3.37. The molecule has 4 aromatic rings. The molecule has 0 aliphatic heterocycles. The molecule has 9 heteroatoms. The molecule has 0 saturated heterocycles. The van der Waals surface area contributed by atoms with Crippen LogP contribution in [0.4, 0.5) is 5.69 Å². The van der Waals surface area contributed by atoms with E-state index >= 15 is 0 Å². The fourth-order valence-corrected chi connectivity index (χ4v) is 2.91. The maximum Gasteiger partial charge on any atom is 0.274 e. The molecule has 0 bridgehead atoms. The van der Waals surface area contributed by atoms with E-state index in [0.29, 0.717) is 17.1 Å². The van der Waals surface area contributed by atoms with Crippen molar-refractivity contribution < 1.29 is 14.0 Å². The van der Waals surface area contributed by atoms with E-state index in [1.165, 1.54) is 10.9 Å². The van der Waals surface area contributed by atoms with E-state index in [4.69, 9.17) is 4.42 Å². The molecule has 0 unspecified atom stereocenters. The Labute approximate surface area is 172 Å². The Bertz CT molecular complexity index is 1170. The van der Waals surface area contributed by atoms with Gasteiger partial charge in [-0.2, -0.15) is 10.2 Å². The van der Waals surface area contributed by atoms with Crippen LogP contribution in [0.2, 0.25) is 0 Å². The third-order valence-electron chi connectivity index (χ3n) is 4.47. The molecule has 152 valence electrons. The van der Waals surface area contributed by atoms with Gasteiger partial charge in [0.2, 0.25) is 0 Å². The average Bonchev–Trinajstić information content (AvgIpc) is 3.48. The normalized spacial score (nSPS) is 10.7. The number of H-pyrrole nitrogens is 1. The number of nitrogens with one attached hydrogen (secondary N) is 3. The quantitative estimate of drug-likeness (QED) is 0.457. The lowest BCUT2D eigenvalue weighted by Crippen LogP contribution is -2.25. The van der Waals surface area contributed by atoms with Crippen LogP contribution in [-0.4, -0.2) is 31.8 Å². The minimum absolute atomic E-state index is 0.107. The van der Waals surface area contributed by atoms with E-state index in [1.807, 2.05) is 31.2 Å². The average molecular weight is 404 g/mol. The van der Waals surface area contributed by atoms with Gasteiger partial charge in [0.05, 0.1) is 24.2 Å². The predicted octanol–water partition coefficient (Wildman–Crippen LogP) is 2.89. The number of hydrogen-bond donors (Lipinski definition) is 3. The van der Waals surface area contributed by atoms with E-state index in [-0.39, 0.29) is 17.9 Å². The summed E-state index contributed by atoms with van der Waals surface area (Å²) >= 11 is 0. The van der Waals surface area contributed by atoms with E-state index in [9.17, 15) is 9.59 Å². The van der Waals surface area contributed by atoms with E-state index in [0.717, 1.165) is 11.1 Å². The van der Waals surface area contributed by atoms with Gasteiger partial charge in [-0.25, -0.2) is 0 Å². The molecular formula is C21H20N6O3. The minimum Gasteiger partial charge on any atom is -0.467 e. The van der Waals surface area contributed by atoms with Gasteiger partial charge in [0.15, 0.2) is 5.69 Å². The minimum atomic E-state index is -0.424. The van der Waals surface area contributed by atoms with Crippen molar-refractivity contribution in [3.63, 3.8) is 0 Å². The van der Waals surface area contributed by atoms with Gasteiger partial charge in [-0.3, -0.25) is 19.4 Å². The Hall–Kier alpha value is -4.14. The molecule has 3 N–H and O–H groups in total. The predicted molar refractivity (Wildman–Crippen MR) is 110 cm³/mol. The highest BCUT2D eigenvalue weighted by atomic mass is 16.3. The SMILES string of the molecule is Cc1ccc(-c2cc(C(=O)Nc3cn(C)nc3C(=O)NCc3ccco3)[nH]n2)cc1. The Morgan fingerprint density at radius 3 is 2.70 bits per heavy atom. The topological polar surface area (TPSA) is 118 Å². The number of benzene rings is 1. The number of rotatable bonds is 6. The molecule has 2 amide bonds. The number of aromatic amines is 1. The van der Waals surface area contributed by atoms with Crippen LogP contribution in [-0.2, 0) is 13.6 Å². The maximum absolute atomic E-state index is 12.7. The zero-order valence-corrected chi connectivity index (χ0v) is 16.5. The van der Waals surface area contributed by atoms with E-state index < -0.39 is 11.8 Å². The van der Waals surface area contributed by atoms with Gasteiger partial charge in [-0.05, 0) is 25.1 Å². The fraction of sp³-hybridized carbons (Fsp3) is 0.143. The summed E-state index contributed by atoms with van der Waals surface area (Å²) < 4.78 is 6.66. The van der Waals surface area contributed by atoms with Crippen molar-refractivity contribution in [3.8, 4) is 11.3 Å². The van der Waals surface area contributed by atoms with Crippen molar-refractivity contribution in [1.29, 1.82) is 0 Å². The molecule has 30 heavy (non-hydrogen) atoms. The van der Waals surface area contributed by atoms with Gasteiger partial charge >= 0.3 is 0 Å². The van der Waals surface area contributed by atoms with Gasteiger partial charge in [0, 0.05) is 18.8 Å². The summed E-state index contributed by atoms with van der Waals surface area (Å²) in [4.78, 5) is 25.2. The number of aryl methyl sites for hydroxylation is 2. The van der Waals surface area contributed by atoms with Crippen LogP contribution in [0, 0.1) is 6.92 Å². The van der Waals surface area contributed by atoms with Crippen LogP contribution in [0.5, 0.6) is 0 Å². The first kappa shape index (κ1) is 19.2. The largest absolute Gasteiger partial charge is 0.467 e. The van der Waals surface area contributed by atoms with Gasteiger partial charge in [-0.15, -0.1) is 0 Å². The first-order valence-electron chi connectivity index (χ1n) is 9.27. The first-order valence-corrected chi connectivity index (χ1v) is 9.27. The fourth-order valence-electron chi connectivity index (χ4n) is 2.91. The molecule has 0 spiro atoms. The highest BCUT2D eigenvalue weighted by Crippen LogP contribution is 2.20. The molecule has 9 nitrogen and oxygen atoms in total. The Morgan fingerprint density at radius 1 is 1.17 bits per heavy atom. The molecule has 4 rings (SSSR count). The molecule has 0 aliphatic rings. The molecule has 0 radical (unpaired) electrons. The molecule has 0 saturated carbocycles. The highest BCUT2D eigenvalue weighted by molar-refractivity contribution is 6.07. The Balaban J connectivity index is 1.47. The molecule has 3 aromatic heterocycles. The lowest BCUT2D eigenvalue weighted by molar-refractivity contribution is 0.0943. The second kappa shape index (κ2) is 8.08. The molecule has 0 atom stereocenters. The third kappa shape index (κ3) is 4.14. The van der Waals surface area contributed by atoms with Gasteiger partial charge in [0.1, 0.15) is 11.5 Å². The summed E-state index contributed by atoms with van der Waals surface area (Å²) in [6.45, 7) is 2.22. The second-order valence-electron chi connectivity index (χ2n) is 6.81. The van der Waals surface area contributed by atoms with Crippen LogP contribution in [0.15, 0.2) is 59.3 Å². The van der Waals surface area contributed by atoms with Crippen molar-refractivity contribution in [2.75, 3.05) is 5.32 Å². The van der Waals surface area contributed by atoms with Gasteiger partial charge < -0.3 is 15.1 Å². The van der Waals surface area contributed by atoms with E-state index in [2.05, 4.69) is 25.9 Å². The van der Waals surface area contributed by atoms with Crippen LogP contribution in [0.25, 0.3) is 11.3 Å². The molecule has 0 aliphatic carbocycles.